The number of nitrogens with zero attached hydrogens (tertiary/aromatic N) is 2. The van der Waals surface area contributed by atoms with Gasteiger partial charge < -0.3 is 14.5 Å². The molecule has 0 unspecified atom stereocenters. The normalized spacial score (nSPS) is 10.7. The van der Waals surface area contributed by atoms with E-state index in [-0.39, 0.29) is 5.91 Å². The van der Waals surface area contributed by atoms with Gasteiger partial charge in [-0.3, -0.25) is 4.79 Å². The van der Waals surface area contributed by atoms with E-state index in [0.29, 0.717) is 33.8 Å². The van der Waals surface area contributed by atoms with Crippen molar-refractivity contribution in [1.29, 1.82) is 0 Å². The lowest BCUT2D eigenvalue weighted by Crippen LogP contribution is -2.12. The van der Waals surface area contributed by atoms with E-state index in [0.717, 1.165) is 22.3 Å². The van der Waals surface area contributed by atoms with Crippen molar-refractivity contribution < 1.29 is 13.9 Å². The second kappa shape index (κ2) is 8.62. The maximum absolute atomic E-state index is 12.7. The molecule has 0 bridgehead atoms. The molecule has 3 aromatic carbocycles. The molecule has 156 valence electrons. The van der Waals surface area contributed by atoms with Crippen LogP contribution in [0.15, 0.2) is 65.1 Å². The van der Waals surface area contributed by atoms with Gasteiger partial charge in [-0.2, -0.15) is 0 Å². The number of benzene rings is 3. The largest absolute Gasteiger partial charge is 0.495 e. The molecule has 0 fully saturated rings. The van der Waals surface area contributed by atoms with Crippen molar-refractivity contribution in [3.8, 4) is 28.7 Å². The third-order valence-corrected chi connectivity index (χ3v) is 5.25. The number of aromatic nitrogens is 2. The molecule has 6 nitrogen and oxygen atoms in total. The van der Waals surface area contributed by atoms with E-state index >= 15 is 0 Å². The second-order valence-electron chi connectivity index (χ2n) is 7.11. The molecule has 0 atom stereocenters. The highest BCUT2D eigenvalue weighted by atomic mass is 35.5. The summed E-state index contributed by atoms with van der Waals surface area (Å²) >= 11 is 6.13. The Balaban J connectivity index is 1.52. The van der Waals surface area contributed by atoms with Crippen LogP contribution in [0.25, 0.3) is 22.9 Å². The number of anilines is 1. The first-order chi connectivity index (χ1) is 14.9. The molecule has 0 radical (unpaired) electrons. The molecule has 31 heavy (non-hydrogen) atoms. The Bertz CT molecular complexity index is 1230. The smallest absolute Gasteiger partial charge is 0.255 e. The Morgan fingerprint density at radius 3 is 2.10 bits per heavy atom. The summed E-state index contributed by atoms with van der Waals surface area (Å²) in [6.07, 6.45) is 0. The van der Waals surface area contributed by atoms with Crippen LogP contribution < -0.4 is 10.1 Å². The summed E-state index contributed by atoms with van der Waals surface area (Å²) in [5.74, 6) is 1.06. The molecule has 4 aromatic rings. The van der Waals surface area contributed by atoms with Crippen LogP contribution in [0.2, 0.25) is 5.02 Å². The van der Waals surface area contributed by atoms with Gasteiger partial charge in [-0.05, 0) is 61.9 Å². The number of carbonyl (C=O) groups excluding carboxylic acids is 1. The number of hydrogen-bond donors (Lipinski definition) is 1. The fourth-order valence-electron chi connectivity index (χ4n) is 3.04. The second-order valence-corrected chi connectivity index (χ2v) is 7.52. The van der Waals surface area contributed by atoms with Gasteiger partial charge in [0.05, 0.1) is 12.8 Å². The zero-order chi connectivity index (χ0) is 22.0. The highest BCUT2D eigenvalue weighted by Crippen LogP contribution is 2.31. The zero-order valence-electron chi connectivity index (χ0n) is 17.3. The highest BCUT2D eigenvalue weighted by Gasteiger charge is 2.14. The number of nitrogens with one attached hydrogen (secondary N) is 1. The summed E-state index contributed by atoms with van der Waals surface area (Å²) in [5.41, 5.74) is 4.61. The van der Waals surface area contributed by atoms with Crippen molar-refractivity contribution >= 4 is 23.2 Å². The fraction of sp³-hybridized carbons (Fsp3) is 0.125. The van der Waals surface area contributed by atoms with Crippen molar-refractivity contribution in [2.24, 2.45) is 0 Å². The van der Waals surface area contributed by atoms with Gasteiger partial charge >= 0.3 is 0 Å². The minimum absolute atomic E-state index is 0.266. The molecule has 0 spiro atoms. The SMILES string of the molecule is COc1cc(Cl)c(C)cc1NC(=O)c1ccc(-c2nnc(-c3ccc(C)cc3)o2)cc1. The number of halogens is 1. The van der Waals surface area contributed by atoms with Crippen LogP contribution in [-0.4, -0.2) is 23.2 Å². The van der Waals surface area contributed by atoms with Crippen LogP contribution in [0.5, 0.6) is 5.75 Å². The molecule has 7 heteroatoms. The third-order valence-electron chi connectivity index (χ3n) is 4.85. The number of aryl methyl sites for hydroxylation is 2. The van der Waals surface area contributed by atoms with Crippen LogP contribution in [-0.2, 0) is 0 Å². The molecule has 0 saturated carbocycles. The van der Waals surface area contributed by atoms with Crippen molar-refractivity contribution in [3.63, 3.8) is 0 Å². The molecule has 0 saturated heterocycles. The van der Waals surface area contributed by atoms with Gasteiger partial charge in [0.25, 0.3) is 5.91 Å². The molecule has 1 N–H and O–H groups in total. The first-order valence-corrected chi connectivity index (χ1v) is 9.99. The minimum atomic E-state index is -0.266. The molecule has 1 amide bonds. The van der Waals surface area contributed by atoms with Gasteiger partial charge in [-0.15, -0.1) is 10.2 Å². The molecule has 1 heterocycles. The molecule has 4 rings (SSSR count). The van der Waals surface area contributed by atoms with E-state index in [9.17, 15) is 4.79 Å². The van der Waals surface area contributed by atoms with Crippen LogP contribution in [0.4, 0.5) is 5.69 Å². The van der Waals surface area contributed by atoms with Gasteiger partial charge in [0.1, 0.15) is 5.75 Å². The summed E-state index contributed by atoms with van der Waals surface area (Å²) in [7, 11) is 1.53. The van der Waals surface area contributed by atoms with E-state index < -0.39 is 0 Å². The van der Waals surface area contributed by atoms with Gasteiger partial charge in [0.15, 0.2) is 0 Å². The fourth-order valence-corrected chi connectivity index (χ4v) is 3.19. The van der Waals surface area contributed by atoms with Crippen molar-refractivity contribution in [2.45, 2.75) is 13.8 Å². The number of methoxy groups -OCH3 is 1. The minimum Gasteiger partial charge on any atom is -0.495 e. The molecule has 0 aliphatic carbocycles. The monoisotopic (exact) mass is 433 g/mol. The maximum Gasteiger partial charge on any atom is 0.255 e. The van der Waals surface area contributed by atoms with Gasteiger partial charge in [0, 0.05) is 27.8 Å². The van der Waals surface area contributed by atoms with Gasteiger partial charge in [-0.25, -0.2) is 0 Å². The lowest BCUT2D eigenvalue weighted by molar-refractivity contribution is 0.102. The van der Waals surface area contributed by atoms with Crippen molar-refractivity contribution in [3.05, 3.63) is 82.4 Å². The van der Waals surface area contributed by atoms with Crippen molar-refractivity contribution in [2.75, 3.05) is 12.4 Å². The topological polar surface area (TPSA) is 77.2 Å². The number of amides is 1. The molecule has 0 aliphatic heterocycles. The zero-order valence-corrected chi connectivity index (χ0v) is 18.0. The Labute approximate surface area is 184 Å². The van der Waals surface area contributed by atoms with Gasteiger partial charge in [0.2, 0.25) is 11.8 Å². The Morgan fingerprint density at radius 1 is 0.935 bits per heavy atom. The number of hydrogen-bond acceptors (Lipinski definition) is 5. The first-order valence-electron chi connectivity index (χ1n) is 9.61. The number of rotatable bonds is 5. The summed E-state index contributed by atoms with van der Waals surface area (Å²) < 4.78 is 11.1. The van der Waals surface area contributed by atoms with E-state index in [1.165, 1.54) is 7.11 Å². The molecular weight excluding hydrogens is 414 g/mol. The average molecular weight is 434 g/mol. The third kappa shape index (κ3) is 4.44. The predicted octanol–water partition coefficient (Wildman–Crippen LogP) is 5.93. The van der Waals surface area contributed by atoms with E-state index in [2.05, 4.69) is 15.5 Å². The standard InChI is InChI=1S/C24H20ClN3O3/c1-14-4-6-17(7-5-14)23-27-28-24(31-23)18-10-8-16(9-11-18)22(29)26-20-12-15(2)19(25)13-21(20)30-3/h4-13H,1-3H3,(H,26,29). The van der Waals surface area contributed by atoms with Gasteiger partial charge in [-0.1, -0.05) is 29.3 Å². The summed E-state index contributed by atoms with van der Waals surface area (Å²) in [4.78, 5) is 12.7. The number of ether oxygens (including phenoxy) is 1. The average Bonchev–Trinajstić information content (AvgIpc) is 3.27. The molecular formula is C24H20ClN3O3. The summed E-state index contributed by atoms with van der Waals surface area (Å²) in [6.45, 7) is 3.88. The Kier molecular flexibility index (Phi) is 5.73. The lowest BCUT2D eigenvalue weighted by Gasteiger charge is -2.12. The summed E-state index contributed by atoms with van der Waals surface area (Å²) in [6, 6.07) is 18.3. The predicted molar refractivity (Wildman–Crippen MR) is 121 cm³/mol. The van der Waals surface area contributed by atoms with E-state index in [4.69, 9.17) is 20.8 Å². The van der Waals surface area contributed by atoms with Crippen molar-refractivity contribution in [1.82, 2.24) is 10.2 Å². The van der Waals surface area contributed by atoms with Crippen LogP contribution in [0.3, 0.4) is 0 Å². The molecule has 0 aliphatic rings. The molecule has 1 aromatic heterocycles. The van der Waals surface area contributed by atoms with Crippen LogP contribution in [0.1, 0.15) is 21.5 Å². The summed E-state index contributed by atoms with van der Waals surface area (Å²) in [5, 5.41) is 11.7. The Hall–Kier alpha value is -3.64. The first kappa shape index (κ1) is 20.6. The maximum atomic E-state index is 12.7. The lowest BCUT2D eigenvalue weighted by atomic mass is 10.1. The van der Waals surface area contributed by atoms with E-state index in [1.54, 1.807) is 36.4 Å². The van der Waals surface area contributed by atoms with Crippen LogP contribution >= 0.6 is 11.6 Å². The number of carbonyl (C=O) groups is 1. The highest BCUT2D eigenvalue weighted by molar-refractivity contribution is 6.31. The van der Waals surface area contributed by atoms with E-state index in [1.807, 2.05) is 38.1 Å². The quantitative estimate of drug-likeness (QED) is 0.421. The Morgan fingerprint density at radius 2 is 1.52 bits per heavy atom. The van der Waals surface area contributed by atoms with Crippen LogP contribution in [0, 0.1) is 13.8 Å².